The summed E-state index contributed by atoms with van der Waals surface area (Å²) in [7, 11) is 0. The molecule has 1 amide bonds. The number of benzene rings is 1. The number of amides is 1. The van der Waals surface area contributed by atoms with Gasteiger partial charge in [0, 0.05) is 24.6 Å². The van der Waals surface area contributed by atoms with Crippen LogP contribution in [0.4, 0.5) is 5.69 Å². The van der Waals surface area contributed by atoms with Gasteiger partial charge in [-0.05, 0) is 48.2 Å². The number of carbonyl (C=O) groups is 1. The number of tetrazole rings is 1. The summed E-state index contributed by atoms with van der Waals surface area (Å²) in [5.41, 5.74) is 0.706. The molecule has 0 unspecified atom stereocenters. The summed E-state index contributed by atoms with van der Waals surface area (Å²) in [6.45, 7) is 0. The highest BCUT2D eigenvalue weighted by molar-refractivity contribution is 7.99. The molecular formula is C18H21N5O3S. The zero-order valence-electron chi connectivity index (χ0n) is 14.9. The molecule has 1 aromatic heterocycles. The van der Waals surface area contributed by atoms with E-state index in [1.807, 2.05) is 22.9 Å². The van der Waals surface area contributed by atoms with Gasteiger partial charge in [-0.2, -0.15) is 0 Å². The molecule has 1 spiro atoms. The normalized spacial score (nSPS) is 20.0. The van der Waals surface area contributed by atoms with Crippen LogP contribution in [0.2, 0.25) is 0 Å². The monoisotopic (exact) mass is 387 g/mol. The number of nitrogens with zero attached hydrogens (tertiary/aromatic N) is 4. The highest BCUT2D eigenvalue weighted by Gasteiger charge is 2.42. The van der Waals surface area contributed by atoms with Crippen molar-refractivity contribution < 1.29 is 14.3 Å². The van der Waals surface area contributed by atoms with Crippen molar-refractivity contribution in [3.63, 3.8) is 0 Å². The van der Waals surface area contributed by atoms with Gasteiger partial charge in [-0.1, -0.05) is 18.2 Å². The Morgan fingerprint density at radius 1 is 1.22 bits per heavy atom. The first kappa shape index (κ1) is 16.9. The number of rotatable bonds is 5. The second-order valence-corrected chi connectivity index (χ2v) is 8.25. The molecule has 2 saturated carbocycles. The molecule has 8 nitrogen and oxygen atoms in total. The van der Waals surface area contributed by atoms with Crippen LogP contribution in [-0.2, 0) is 4.79 Å². The van der Waals surface area contributed by atoms with E-state index in [0.717, 1.165) is 44.3 Å². The van der Waals surface area contributed by atoms with Gasteiger partial charge < -0.3 is 14.8 Å². The number of nitrogens with one attached hydrogen (secondary N) is 1. The Kier molecular flexibility index (Phi) is 4.18. The summed E-state index contributed by atoms with van der Waals surface area (Å²) in [6.07, 6.45) is 7.50. The van der Waals surface area contributed by atoms with Crippen molar-refractivity contribution in [1.29, 1.82) is 0 Å². The minimum absolute atomic E-state index is 0.100. The molecule has 2 heterocycles. The number of aromatic nitrogens is 4. The molecule has 0 saturated heterocycles. The molecule has 142 valence electrons. The van der Waals surface area contributed by atoms with Crippen LogP contribution in [0, 0.1) is 0 Å². The summed E-state index contributed by atoms with van der Waals surface area (Å²) in [4.78, 5) is 12.3. The standard InChI is InChI=1S/C18H21N5O3S/c24-16(11-27-17-20-21-22-23(17)13-5-6-13)19-12-4-7-14-15(10-12)26-18(25-14)8-2-1-3-9-18/h4,7,10,13H,1-3,5-6,8-9,11H2,(H,19,24). The second-order valence-electron chi connectivity index (χ2n) is 7.31. The lowest BCUT2D eigenvalue weighted by Crippen LogP contribution is -2.40. The SMILES string of the molecule is O=C(CSc1nnnn1C1CC1)Nc1ccc2c(c1)OC1(CCCCC1)O2. The van der Waals surface area contributed by atoms with Crippen molar-refractivity contribution in [2.75, 3.05) is 11.1 Å². The van der Waals surface area contributed by atoms with Gasteiger partial charge in [0.1, 0.15) is 0 Å². The smallest absolute Gasteiger partial charge is 0.251 e. The van der Waals surface area contributed by atoms with Crippen LogP contribution in [0.15, 0.2) is 23.4 Å². The fraction of sp³-hybridized carbons (Fsp3) is 0.556. The Bertz CT molecular complexity index is 860. The van der Waals surface area contributed by atoms with E-state index in [4.69, 9.17) is 9.47 Å². The zero-order chi connectivity index (χ0) is 18.3. The third-order valence-electron chi connectivity index (χ3n) is 5.12. The Morgan fingerprint density at radius 2 is 2.04 bits per heavy atom. The number of anilines is 1. The van der Waals surface area contributed by atoms with Gasteiger partial charge in [0.15, 0.2) is 11.5 Å². The zero-order valence-corrected chi connectivity index (χ0v) is 15.7. The van der Waals surface area contributed by atoms with E-state index in [9.17, 15) is 4.79 Å². The first-order chi connectivity index (χ1) is 13.2. The average Bonchev–Trinajstić information content (AvgIpc) is 3.30. The number of ether oxygens (including phenoxy) is 2. The quantitative estimate of drug-likeness (QED) is 0.788. The van der Waals surface area contributed by atoms with E-state index in [2.05, 4.69) is 20.8 Å². The van der Waals surface area contributed by atoms with Crippen molar-refractivity contribution in [3.05, 3.63) is 18.2 Å². The number of fused-ring (bicyclic) bond motifs is 1. The number of thioether (sulfide) groups is 1. The van der Waals surface area contributed by atoms with Gasteiger partial charge in [0.2, 0.25) is 11.1 Å². The molecule has 0 radical (unpaired) electrons. The maximum absolute atomic E-state index is 12.3. The lowest BCUT2D eigenvalue weighted by atomic mass is 9.94. The minimum Gasteiger partial charge on any atom is -0.448 e. The molecule has 1 aromatic carbocycles. The summed E-state index contributed by atoms with van der Waals surface area (Å²) in [6, 6.07) is 5.96. The van der Waals surface area contributed by atoms with E-state index in [-0.39, 0.29) is 11.7 Å². The summed E-state index contributed by atoms with van der Waals surface area (Å²) in [5, 5.41) is 15.3. The first-order valence-corrected chi connectivity index (χ1v) is 10.4. The van der Waals surface area contributed by atoms with Gasteiger partial charge in [-0.25, -0.2) is 4.68 Å². The van der Waals surface area contributed by atoms with Crippen molar-refractivity contribution in [3.8, 4) is 11.5 Å². The van der Waals surface area contributed by atoms with Gasteiger partial charge in [-0.15, -0.1) is 5.10 Å². The van der Waals surface area contributed by atoms with E-state index < -0.39 is 5.79 Å². The van der Waals surface area contributed by atoms with Crippen LogP contribution in [-0.4, -0.2) is 37.7 Å². The molecule has 3 aliphatic rings. The van der Waals surface area contributed by atoms with Crippen LogP contribution in [0.25, 0.3) is 0 Å². The Hall–Kier alpha value is -2.29. The van der Waals surface area contributed by atoms with Gasteiger partial charge >= 0.3 is 0 Å². The fourth-order valence-electron chi connectivity index (χ4n) is 3.62. The highest BCUT2D eigenvalue weighted by Crippen LogP contribution is 2.46. The van der Waals surface area contributed by atoms with Gasteiger partial charge in [0.05, 0.1) is 11.8 Å². The number of hydrogen-bond donors (Lipinski definition) is 1. The molecule has 2 fully saturated rings. The molecule has 1 N–H and O–H groups in total. The maximum Gasteiger partial charge on any atom is 0.251 e. The molecular weight excluding hydrogens is 366 g/mol. The predicted molar refractivity (Wildman–Crippen MR) is 99.0 cm³/mol. The fourth-order valence-corrected chi connectivity index (χ4v) is 4.37. The molecule has 0 bridgehead atoms. The van der Waals surface area contributed by atoms with E-state index >= 15 is 0 Å². The molecule has 5 rings (SSSR count). The molecule has 2 aromatic rings. The minimum atomic E-state index is -0.501. The third-order valence-corrected chi connectivity index (χ3v) is 6.06. The third kappa shape index (κ3) is 3.47. The Morgan fingerprint density at radius 3 is 2.85 bits per heavy atom. The van der Waals surface area contributed by atoms with Crippen molar-refractivity contribution in [2.24, 2.45) is 0 Å². The van der Waals surface area contributed by atoms with Gasteiger partial charge in [-0.3, -0.25) is 4.79 Å². The summed E-state index contributed by atoms with van der Waals surface area (Å²) in [5.74, 6) is 1.12. The Labute approximate surface area is 161 Å². The lowest BCUT2D eigenvalue weighted by Gasteiger charge is -2.31. The summed E-state index contributed by atoms with van der Waals surface area (Å²) < 4.78 is 14.0. The van der Waals surface area contributed by atoms with Crippen LogP contribution in [0.1, 0.15) is 51.0 Å². The van der Waals surface area contributed by atoms with E-state index in [0.29, 0.717) is 22.6 Å². The lowest BCUT2D eigenvalue weighted by molar-refractivity contribution is -0.113. The maximum atomic E-state index is 12.3. The van der Waals surface area contributed by atoms with Gasteiger partial charge in [0.25, 0.3) is 5.79 Å². The van der Waals surface area contributed by atoms with Crippen LogP contribution >= 0.6 is 11.8 Å². The van der Waals surface area contributed by atoms with Crippen molar-refractivity contribution in [1.82, 2.24) is 20.2 Å². The predicted octanol–water partition coefficient (Wildman–Crippen LogP) is 3.17. The molecule has 1 aliphatic heterocycles. The van der Waals surface area contributed by atoms with Crippen molar-refractivity contribution >= 4 is 23.4 Å². The van der Waals surface area contributed by atoms with Crippen LogP contribution < -0.4 is 14.8 Å². The highest BCUT2D eigenvalue weighted by atomic mass is 32.2. The largest absolute Gasteiger partial charge is 0.448 e. The molecule has 9 heteroatoms. The topological polar surface area (TPSA) is 91.2 Å². The summed E-state index contributed by atoms with van der Waals surface area (Å²) >= 11 is 1.35. The first-order valence-electron chi connectivity index (χ1n) is 9.43. The Balaban J connectivity index is 1.20. The second kappa shape index (κ2) is 6.70. The average molecular weight is 387 g/mol. The van der Waals surface area contributed by atoms with Crippen molar-refractivity contribution in [2.45, 2.75) is 61.9 Å². The van der Waals surface area contributed by atoms with Crippen LogP contribution in [0.3, 0.4) is 0 Å². The number of carbonyl (C=O) groups excluding carboxylic acids is 1. The molecule has 2 aliphatic carbocycles. The molecule has 27 heavy (non-hydrogen) atoms. The van der Waals surface area contributed by atoms with Crippen LogP contribution in [0.5, 0.6) is 11.5 Å². The van der Waals surface area contributed by atoms with E-state index in [1.165, 1.54) is 18.2 Å². The number of hydrogen-bond acceptors (Lipinski definition) is 7. The van der Waals surface area contributed by atoms with E-state index in [1.54, 1.807) is 0 Å². The molecule has 0 atom stereocenters.